The highest BCUT2D eigenvalue weighted by atomic mass is 16.4. The van der Waals surface area contributed by atoms with Crippen LogP contribution in [0.2, 0.25) is 0 Å². The van der Waals surface area contributed by atoms with E-state index in [9.17, 15) is 14.7 Å². The van der Waals surface area contributed by atoms with Crippen molar-refractivity contribution in [2.24, 2.45) is 0 Å². The molecule has 0 saturated carbocycles. The highest BCUT2D eigenvalue weighted by Gasteiger charge is 2.22. The molecule has 4 rings (SSSR count). The Hall–Kier alpha value is -4.18. The molecule has 0 saturated heterocycles. The van der Waals surface area contributed by atoms with Crippen LogP contribution in [0.25, 0.3) is 10.8 Å². The molecule has 170 valence electrons. The summed E-state index contributed by atoms with van der Waals surface area (Å²) in [5, 5.41) is 14.9. The summed E-state index contributed by atoms with van der Waals surface area (Å²) in [5.41, 5.74) is 3.52. The quantitative estimate of drug-likeness (QED) is 0.290. The molecule has 0 radical (unpaired) electrons. The van der Waals surface area contributed by atoms with Gasteiger partial charge in [-0.2, -0.15) is 0 Å². The molecular formula is C30H27NO3. The zero-order chi connectivity index (χ0) is 23.9. The minimum Gasteiger partial charge on any atom is -0.478 e. The molecule has 2 N–H and O–H groups in total. The second-order valence-electron chi connectivity index (χ2n) is 8.21. The molecule has 0 aliphatic heterocycles. The van der Waals surface area contributed by atoms with E-state index in [1.165, 1.54) is 0 Å². The van der Waals surface area contributed by atoms with Crippen LogP contribution in [0, 0.1) is 0 Å². The zero-order valence-corrected chi connectivity index (χ0v) is 19.1. The molecule has 0 heterocycles. The van der Waals surface area contributed by atoms with Crippen molar-refractivity contribution in [2.75, 3.05) is 5.32 Å². The third kappa shape index (κ3) is 5.07. The Bertz CT molecular complexity index is 1350. The summed E-state index contributed by atoms with van der Waals surface area (Å²) < 4.78 is 0. The van der Waals surface area contributed by atoms with Crippen molar-refractivity contribution in [3.8, 4) is 0 Å². The Morgan fingerprint density at radius 3 is 2.32 bits per heavy atom. The predicted octanol–water partition coefficient (Wildman–Crippen LogP) is 6.82. The van der Waals surface area contributed by atoms with Crippen molar-refractivity contribution in [3.05, 3.63) is 125 Å². The van der Waals surface area contributed by atoms with Gasteiger partial charge in [0.05, 0.1) is 11.5 Å². The summed E-state index contributed by atoms with van der Waals surface area (Å²) in [4.78, 5) is 25.3. The van der Waals surface area contributed by atoms with Gasteiger partial charge in [0.1, 0.15) is 0 Å². The van der Waals surface area contributed by atoms with Gasteiger partial charge in [-0.3, -0.25) is 4.79 Å². The van der Waals surface area contributed by atoms with E-state index in [1.807, 2.05) is 79.7 Å². The van der Waals surface area contributed by atoms with Crippen molar-refractivity contribution in [2.45, 2.75) is 25.7 Å². The number of allylic oxidation sites excluding steroid dienone is 2. The summed E-state index contributed by atoms with van der Waals surface area (Å²) in [5.74, 6) is -1.41. The number of carbonyl (C=O) groups excluding carboxylic acids is 1. The number of rotatable bonds is 8. The molecule has 1 amide bonds. The van der Waals surface area contributed by atoms with Gasteiger partial charge < -0.3 is 10.4 Å². The molecule has 0 aliphatic rings. The van der Waals surface area contributed by atoms with Gasteiger partial charge in [-0.25, -0.2) is 4.79 Å². The number of para-hydroxylation sites is 1. The Morgan fingerprint density at radius 1 is 0.853 bits per heavy atom. The summed E-state index contributed by atoms with van der Waals surface area (Å²) >= 11 is 0. The summed E-state index contributed by atoms with van der Waals surface area (Å²) in [7, 11) is 0. The fourth-order valence-corrected chi connectivity index (χ4v) is 4.31. The van der Waals surface area contributed by atoms with Crippen LogP contribution in [0.4, 0.5) is 5.69 Å². The molecule has 0 bridgehead atoms. The fraction of sp³-hybridized carbons (Fsp3) is 0.133. The van der Waals surface area contributed by atoms with Gasteiger partial charge in [0, 0.05) is 12.1 Å². The molecule has 4 nitrogen and oxygen atoms in total. The first-order chi connectivity index (χ1) is 16.6. The van der Waals surface area contributed by atoms with E-state index >= 15 is 0 Å². The van der Waals surface area contributed by atoms with Gasteiger partial charge in [-0.15, -0.1) is 0 Å². The van der Waals surface area contributed by atoms with E-state index in [0.717, 1.165) is 21.9 Å². The second kappa shape index (κ2) is 10.6. The highest BCUT2D eigenvalue weighted by Crippen LogP contribution is 2.30. The SMILES string of the molecule is C/C=C/CC(C(=O)Nc1ccccc1Cc1ccccc1C(=O)O)c1cccc2ccccc12. The lowest BCUT2D eigenvalue weighted by atomic mass is 9.90. The summed E-state index contributed by atoms with van der Waals surface area (Å²) in [6.45, 7) is 1.95. The Kier molecular flexibility index (Phi) is 7.19. The van der Waals surface area contributed by atoms with Gasteiger partial charge in [-0.1, -0.05) is 91.0 Å². The predicted molar refractivity (Wildman–Crippen MR) is 137 cm³/mol. The number of carbonyl (C=O) groups is 2. The lowest BCUT2D eigenvalue weighted by Gasteiger charge is -2.19. The van der Waals surface area contributed by atoms with Crippen molar-refractivity contribution in [1.29, 1.82) is 0 Å². The number of amides is 1. The topological polar surface area (TPSA) is 66.4 Å². The van der Waals surface area contributed by atoms with E-state index < -0.39 is 5.97 Å². The summed E-state index contributed by atoms with van der Waals surface area (Å²) in [6, 6.07) is 28.7. The zero-order valence-electron chi connectivity index (χ0n) is 19.1. The number of hydrogen-bond donors (Lipinski definition) is 2. The van der Waals surface area contributed by atoms with Gasteiger partial charge in [-0.05, 0) is 52.9 Å². The van der Waals surface area contributed by atoms with Crippen LogP contribution >= 0.6 is 0 Å². The largest absolute Gasteiger partial charge is 0.478 e. The number of hydrogen-bond acceptors (Lipinski definition) is 2. The van der Waals surface area contributed by atoms with Gasteiger partial charge >= 0.3 is 5.97 Å². The van der Waals surface area contributed by atoms with E-state index in [-0.39, 0.29) is 17.4 Å². The average molecular weight is 450 g/mol. The lowest BCUT2D eigenvalue weighted by molar-refractivity contribution is -0.117. The van der Waals surface area contributed by atoms with Crippen LogP contribution in [-0.2, 0) is 11.2 Å². The number of carboxylic acids is 1. The number of carboxylic acid groups (broad SMARTS) is 1. The number of fused-ring (bicyclic) bond motifs is 1. The maximum absolute atomic E-state index is 13.6. The maximum Gasteiger partial charge on any atom is 0.335 e. The molecule has 0 fully saturated rings. The highest BCUT2D eigenvalue weighted by molar-refractivity contribution is 6.00. The van der Waals surface area contributed by atoms with E-state index in [1.54, 1.807) is 12.1 Å². The van der Waals surface area contributed by atoms with Gasteiger partial charge in [0.15, 0.2) is 0 Å². The smallest absolute Gasteiger partial charge is 0.335 e. The van der Waals surface area contributed by atoms with Gasteiger partial charge in [0.25, 0.3) is 0 Å². The molecule has 1 unspecified atom stereocenters. The molecule has 0 aliphatic carbocycles. The molecule has 0 spiro atoms. The van der Waals surface area contributed by atoms with Crippen LogP contribution in [0.3, 0.4) is 0 Å². The summed E-state index contributed by atoms with van der Waals surface area (Å²) in [6.07, 6.45) is 4.97. The van der Waals surface area contributed by atoms with Crippen LogP contribution in [0.5, 0.6) is 0 Å². The molecule has 4 aromatic carbocycles. The van der Waals surface area contributed by atoms with Crippen molar-refractivity contribution < 1.29 is 14.7 Å². The monoisotopic (exact) mass is 449 g/mol. The number of anilines is 1. The average Bonchev–Trinajstić information content (AvgIpc) is 2.86. The van der Waals surface area contributed by atoms with Crippen molar-refractivity contribution in [1.82, 2.24) is 0 Å². The Morgan fingerprint density at radius 2 is 1.53 bits per heavy atom. The molecule has 0 aromatic heterocycles. The third-order valence-electron chi connectivity index (χ3n) is 6.03. The van der Waals surface area contributed by atoms with Crippen LogP contribution in [0.15, 0.2) is 103 Å². The molecule has 34 heavy (non-hydrogen) atoms. The molecular weight excluding hydrogens is 422 g/mol. The van der Waals surface area contributed by atoms with Gasteiger partial charge in [0.2, 0.25) is 5.91 Å². The lowest BCUT2D eigenvalue weighted by Crippen LogP contribution is -2.22. The second-order valence-corrected chi connectivity index (χ2v) is 8.21. The maximum atomic E-state index is 13.6. The molecule has 4 heteroatoms. The Labute approximate surface area is 199 Å². The van der Waals surface area contributed by atoms with E-state index in [0.29, 0.717) is 24.1 Å². The first-order valence-corrected chi connectivity index (χ1v) is 11.4. The van der Waals surface area contributed by atoms with Crippen LogP contribution in [0.1, 0.15) is 46.3 Å². The first kappa shape index (κ1) is 23.0. The molecule has 1 atom stereocenters. The molecule has 4 aromatic rings. The van der Waals surface area contributed by atoms with Crippen molar-refractivity contribution >= 4 is 28.3 Å². The number of benzene rings is 4. The minimum absolute atomic E-state index is 0.0894. The third-order valence-corrected chi connectivity index (χ3v) is 6.03. The number of nitrogens with one attached hydrogen (secondary N) is 1. The van der Waals surface area contributed by atoms with E-state index in [2.05, 4.69) is 23.5 Å². The van der Waals surface area contributed by atoms with E-state index in [4.69, 9.17) is 0 Å². The Balaban J connectivity index is 1.66. The number of aromatic carboxylic acids is 1. The normalized spacial score (nSPS) is 12.0. The first-order valence-electron chi connectivity index (χ1n) is 11.4. The minimum atomic E-state index is -0.959. The van der Waals surface area contributed by atoms with Crippen LogP contribution < -0.4 is 5.32 Å². The van der Waals surface area contributed by atoms with Crippen LogP contribution in [-0.4, -0.2) is 17.0 Å². The fourth-order valence-electron chi connectivity index (χ4n) is 4.31. The van der Waals surface area contributed by atoms with Crippen molar-refractivity contribution in [3.63, 3.8) is 0 Å². The standard InChI is InChI=1S/C30H27NO3/c1-2-3-15-27(26-18-10-14-21-11-4-7-16-24(21)26)29(32)31-28-19-9-6-13-23(28)20-22-12-5-8-17-25(22)30(33)34/h2-14,16-19,27H,15,20H2,1H3,(H,31,32)(H,33,34)/b3-2+.